The van der Waals surface area contributed by atoms with E-state index in [9.17, 15) is 16.8 Å². The average Bonchev–Trinajstić information content (AvgIpc) is 3.56. The summed E-state index contributed by atoms with van der Waals surface area (Å²) in [5.41, 5.74) is 2.24. The molecule has 2 heterocycles. The number of anilines is 2. The van der Waals surface area contributed by atoms with E-state index in [4.69, 9.17) is 9.47 Å². The number of methoxy groups -OCH3 is 2. The van der Waals surface area contributed by atoms with Crippen LogP contribution < -0.4 is 19.7 Å². The molecule has 0 spiro atoms. The largest absolute Gasteiger partial charge is 0.385 e. The van der Waals surface area contributed by atoms with E-state index in [-0.39, 0.29) is 22.9 Å². The topological polar surface area (TPSA) is 129 Å². The lowest BCUT2D eigenvalue weighted by molar-refractivity contribution is 0.196. The molecule has 2 saturated heterocycles. The Labute approximate surface area is 270 Å². The molecule has 0 aliphatic carbocycles. The van der Waals surface area contributed by atoms with Gasteiger partial charge in [-0.25, -0.2) is 26.3 Å². The Morgan fingerprint density at radius 2 is 1.38 bits per heavy atom. The molecule has 0 radical (unpaired) electrons. The molecule has 13 heteroatoms. The number of nitrogens with one attached hydrogen (secondary N) is 3. The van der Waals surface area contributed by atoms with Crippen molar-refractivity contribution in [2.24, 2.45) is 5.92 Å². The van der Waals surface area contributed by atoms with Gasteiger partial charge in [-0.1, -0.05) is 30.3 Å². The van der Waals surface area contributed by atoms with Crippen molar-refractivity contribution in [1.29, 1.82) is 0 Å². The monoisotopic (exact) mass is 665 g/mol. The normalized spacial score (nSPS) is 16.8. The Bertz CT molecular complexity index is 1390. The van der Waals surface area contributed by atoms with Crippen molar-refractivity contribution in [3.8, 4) is 0 Å². The second-order valence-electron chi connectivity index (χ2n) is 11.9. The zero-order valence-corrected chi connectivity index (χ0v) is 28.4. The highest BCUT2D eigenvalue weighted by Crippen LogP contribution is 2.36. The summed E-state index contributed by atoms with van der Waals surface area (Å²) >= 11 is 0. The zero-order chi connectivity index (χ0) is 32.1. The third kappa shape index (κ3) is 10.6. The predicted octanol–water partition coefficient (Wildman–Crippen LogP) is 3.28. The van der Waals surface area contributed by atoms with Crippen molar-refractivity contribution >= 4 is 31.4 Å². The quantitative estimate of drug-likeness (QED) is 0.194. The SMILES string of the molecule is COCCCNS(=O)(=O)c1cc(S(=O)(=O)NCCCOC)c(N2CCC(Cc3ccccc3)CC2)cc1NCCN1CCCC1. The number of rotatable bonds is 19. The minimum absolute atomic E-state index is 0.0243. The number of benzene rings is 2. The highest BCUT2D eigenvalue weighted by atomic mass is 32.2. The molecule has 0 amide bonds. The molecule has 0 atom stereocenters. The minimum atomic E-state index is -4.04. The smallest absolute Gasteiger partial charge is 0.242 e. The second kappa shape index (κ2) is 17.6. The van der Waals surface area contributed by atoms with E-state index in [1.807, 2.05) is 6.07 Å². The summed E-state index contributed by atoms with van der Waals surface area (Å²) < 4.78 is 70.4. The van der Waals surface area contributed by atoms with E-state index in [1.54, 1.807) is 20.3 Å². The standard InChI is InChI=1S/C32H51N5O6S2/c1-42-22-8-14-34-44(38,39)31-26-32(45(40,41)35-15-9-23-43-2)30(25-29(31)33-16-21-36-17-6-7-18-36)37-19-12-28(13-20-37)24-27-10-4-3-5-11-27/h3-5,10-11,25-26,28,33-35H,6-9,12-24H2,1-2H3. The van der Waals surface area contributed by atoms with Crippen molar-refractivity contribution < 1.29 is 26.3 Å². The van der Waals surface area contributed by atoms with Gasteiger partial charge in [0.2, 0.25) is 20.0 Å². The fourth-order valence-corrected chi connectivity index (χ4v) is 8.70. The molecule has 0 aromatic heterocycles. The lowest BCUT2D eigenvalue weighted by Crippen LogP contribution is -2.37. The first kappa shape index (κ1) is 35.6. The molecule has 45 heavy (non-hydrogen) atoms. The molecule has 2 fully saturated rings. The molecule has 4 rings (SSSR count). The van der Waals surface area contributed by atoms with E-state index in [0.717, 1.165) is 38.9 Å². The second-order valence-corrected chi connectivity index (χ2v) is 15.4. The van der Waals surface area contributed by atoms with E-state index in [2.05, 4.69) is 48.8 Å². The van der Waals surface area contributed by atoms with E-state index in [1.165, 1.54) is 24.5 Å². The Morgan fingerprint density at radius 1 is 0.778 bits per heavy atom. The molecular formula is C32H51N5O6S2. The Hall–Kier alpha value is -2.26. The van der Waals surface area contributed by atoms with Crippen LogP contribution in [0.1, 0.15) is 44.1 Å². The maximum atomic E-state index is 13.8. The summed E-state index contributed by atoms with van der Waals surface area (Å²) in [4.78, 5) is 4.36. The molecular weight excluding hydrogens is 615 g/mol. The van der Waals surface area contributed by atoms with Crippen LogP contribution in [0.2, 0.25) is 0 Å². The van der Waals surface area contributed by atoms with Gasteiger partial charge < -0.3 is 24.6 Å². The highest BCUT2D eigenvalue weighted by molar-refractivity contribution is 7.90. The third-order valence-corrected chi connectivity index (χ3v) is 11.5. The van der Waals surface area contributed by atoms with E-state index < -0.39 is 20.0 Å². The van der Waals surface area contributed by atoms with Gasteiger partial charge in [-0.3, -0.25) is 0 Å². The van der Waals surface area contributed by atoms with Gasteiger partial charge in [0.05, 0.1) is 11.4 Å². The minimum Gasteiger partial charge on any atom is -0.385 e. The molecule has 0 bridgehead atoms. The van der Waals surface area contributed by atoms with Crippen LogP contribution in [0.25, 0.3) is 0 Å². The maximum absolute atomic E-state index is 13.8. The lowest BCUT2D eigenvalue weighted by Gasteiger charge is -2.35. The Balaban J connectivity index is 1.65. The van der Waals surface area contributed by atoms with Crippen LogP contribution in [0.5, 0.6) is 0 Å². The van der Waals surface area contributed by atoms with Crippen LogP contribution in [0, 0.1) is 5.92 Å². The zero-order valence-electron chi connectivity index (χ0n) is 26.8. The van der Waals surface area contributed by atoms with Crippen LogP contribution in [-0.2, 0) is 35.9 Å². The molecule has 0 unspecified atom stereocenters. The van der Waals surface area contributed by atoms with Crippen molar-refractivity contribution in [3.63, 3.8) is 0 Å². The lowest BCUT2D eigenvalue weighted by atomic mass is 9.90. The van der Waals surface area contributed by atoms with Gasteiger partial charge in [0.15, 0.2) is 0 Å². The van der Waals surface area contributed by atoms with Gasteiger partial charge in [-0.2, -0.15) is 0 Å². The number of nitrogens with zero attached hydrogens (tertiary/aromatic N) is 2. The average molecular weight is 666 g/mol. The number of hydrogen-bond donors (Lipinski definition) is 3. The highest BCUT2D eigenvalue weighted by Gasteiger charge is 2.30. The van der Waals surface area contributed by atoms with Crippen molar-refractivity contribution in [2.75, 3.05) is 90.0 Å². The fraction of sp³-hybridized carbons (Fsp3) is 0.625. The summed E-state index contributed by atoms with van der Waals surface area (Å²) in [6, 6.07) is 13.5. The molecule has 0 saturated carbocycles. The molecule has 2 aromatic carbocycles. The summed E-state index contributed by atoms with van der Waals surface area (Å²) in [6.45, 7) is 5.93. The van der Waals surface area contributed by atoms with Crippen LogP contribution >= 0.6 is 0 Å². The molecule has 2 aliphatic heterocycles. The molecule has 2 aromatic rings. The number of sulfonamides is 2. The number of hydrogen-bond acceptors (Lipinski definition) is 9. The van der Waals surface area contributed by atoms with Crippen molar-refractivity contribution in [1.82, 2.24) is 14.3 Å². The number of likely N-dealkylation sites (tertiary alicyclic amines) is 1. The summed E-state index contributed by atoms with van der Waals surface area (Å²) in [7, 11) is -4.94. The van der Waals surface area contributed by atoms with Crippen LogP contribution in [-0.4, -0.2) is 102 Å². The van der Waals surface area contributed by atoms with Crippen LogP contribution in [0.3, 0.4) is 0 Å². The third-order valence-electron chi connectivity index (χ3n) is 8.54. The summed E-state index contributed by atoms with van der Waals surface area (Å²) in [5, 5.41) is 3.36. The van der Waals surface area contributed by atoms with Crippen molar-refractivity contribution in [3.05, 3.63) is 48.0 Å². The number of piperidine rings is 1. The van der Waals surface area contributed by atoms with Gasteiger partial charge in [0.25, 0.3) is 0 Å². The van der Waals surface area contributed by atoms with Crippen molar-refractivity contribution in [2.45, 2.75) is 54.7 Å². The molecule has 252 valence electrons. The first-order valence-corrected chi connectivity index (χ1v) is 19.1. The van der Waals surface area contributed by atoms with E-state index in [0.29, 0.717) is 63.0 Å². The molecule has 2 aliphatic rings. The first-order chi connectivity index (χ1) is 21.7. The van der Waals surface area contributed by atoms with Gasteiger partial charge in [0.1, 0.15) is 9.79 Å². The van der Waals surface area contributed by atoms with Gasteiger partial charge in [-0.05, 0) is 81.6 Å². The van der Waals surface area contributed by atoms with Gasteiger partial charge in [-0.15, -0.1) is 0 Å². The number of ether oxygens (including phenoxy) is 2. The predicted molar refractivity (Wildman–Crippen MR) is 179 cm³/mol. The summed E-state index contributed by atoms with van der Waals surface area (Å²) in [6.07, 6.45) is 6.13. The van der Waals surface area contributed by atoms with Crippen LogP contribution in [0.4, 0.5) is 11.4 Å². The molecule has 3 N–H and O–H groups in total. The van der Waals surface area contributed by atoms with Crippen LogP contribution in [0.15, 0.2) is 52.3 Å². The Morgan fingerprint density at radius 3 is 1.98 bits per heavy atom. The van der Waals surface area contributed by atoms with Gasteiger partial charge in [0, 0.05) is 66.7 Å². The Kier molecular flexibility index (Phi) is 13.9. The maximum Gasteiger partial charge on any atom is 0.242 e. The van der Waals surface area contributed by atoms with Gasteiger partial charge >= 0.3 is 0 Å². The molecule has 11 nitrogen and oxygen atoms in total. The van der Waals surface area contributed by atoms with E-state index >= 15 is 0 Å². The first-order valence-electron chi connectivity index (χ1n) is 16.1. The summed E-state index contributed by atoms with van der Waals surface area (Å²) in [5.74, 6) is 0.491. The fourth-order valence-electron chi connectivity index (χ4n) is 6.05.